The van der Waals surface area contributed by atoms with Gasteiger partial charge in [-0.3, -0.25) is 9.36 Å². The maximum atomic E-state index is 12.7. The van der Waals surface area contributed by atoms with Crippen molar-refractivity contribution < 1.29 is 4.74 Å². The highest BCUT2D eigenvalue weighted by molar-refractivity contribution is 5.78. The number of rotatable bonds is 4. The van der Waals surface area contributed by atoms with Crippen LogP contribution in [0.15, 0.2) is 77.2 Å². The zero-order valence-corrected chi connectivity index (χ0v) is 16.6. The average Bonchev–Trinajstić information content (AvgIpc) is 3.09. The number of benzene rings is 2. The molecule has 0 spiro atoms. The van der Waals surface area contributed by atoms with E-state index in [0.717, 1.165) is 37.2 Å². The highest BCUT2D eigenvalue weighted by Crippen LogP contribution is 2.38. The van der Waals surface area contributed by atoms with Crippen LogP contribution in [0.3, 0.4) is 0 Å². The number of pyridine rings is 1. The van der Waals surface area contributed by atoms with Crippen molar-refractivity contribution in [3.63, 3.8) is 0 Å². The molecule has 2 aromatic carbocycles. The largest absolute Gasteiger partial charge is 0.489 e. The molecule has 0 fully saturated rings. The Morgan fingerprint density at radius 2 is 1.90 bits per heavy atom. The van der Waals surface area contributed by atoms with Crippen LogP contribution in [0, 0.1) is 0 Å². The van der Waals surface area contributed by atoms with Crippen LogP contribution in [-0.2, 0) is 13.0 Å². The van der Waals surface area contributed by atoms with Crippen molar-refractivity contribution in [2.75, 3.05) is 20.1 Å². The van der Waals surface area contributed by atoms with Crippen LogP contribution < -0.4 is 10.3 Å². The van der Waals surface area contributed by atoms with Crippen LogP contribution in [0.1, 0.15) is 23.1 Å². The van der Waals surface area contributed by atoms with E-state index in [-0.39, 0.29) is 5.56 Å². The van der Waals surface area contributed by atoms with Crippen molar-refractivity contribution in [1.29, 1.82) is 0 Å². The van der Waals surface area contributed by atoms with Crippen LogP contribution in [0.5, 0.6) is 5.75 Å². The monoisotopic (exact) mass is 384 g/mol. The van der Waals surface area contributed by atoms with Crippen molar-refractivity contribution in [2.45, 2.75) is 19.4 Å². The second-order valence-corrected chi connectivity index (χ2v) is 7.93. The molecule has 2 aliphatic rings. The van der Waals surface area contributed by atoms with Gasteiger partial charge in [-0.2, -0.15) is 0 Å². The van der Waals surface area contributed by atoms with Crippen molar-refractivity contribution in [3.8, 4) is 11.4 Å². The second-order valence-electron chi connectivity index (χ2n) is 7.93. The molecule has 5 rings (SSSR count). The van der Waals surface area contributed by atoms with Gasteiger partial charge in [-0.1, -0.05) is 36.4 Å². The van der Waals surface area contributed by atoms with E-state index in [1.807, 2.05) is 48.7 Å². The summed E-state index contributed by atoms with van der Waals surface area (Å²) in [4.78, 5) is 15.1. The van der Waals surface area contributed by atoms with E-state index >= 15 is 0 Å². The average molecular weight is 384 g/mol. The predicted octanol–water partition coefficient (Wildman–Crippen LogP) is 4.06. The SMILES string of the molecule is CN1CCC2=C(Cc3ccc(-n4ccc(OCc5ccccc5)cc4=O)cc32)C1. The van der Waals surface area contributed by atoms with Gasteiger partial charge in [0.1, 0.15) is 12.4 Å². The lowest BCUT2D eigenvalue weighted by Gasteiger charge is -2.24. The molecular formula is C25H24N2O2. The van der Waals surface area contributed by atoms with Gasteiger partial charge in [0.2, 0.25) is 0 Å². The number of hydrogen-bond acceptors (Lipinski definition) is 3. The number of ether oxygens (including phenoxy) is 1. The minimum absolute atomic E-state index is 0.0777. The zero-order valence-electron chi connectivity index (χ0n) is 16.6. The summed E-state index contributed by atoms with van der Waals surface area (Å²) in [6.45, 7) is 2.59. The zero-order chi connectivity index (χ0) is 19.8. The maximum Gasteiger partial charge on any atom is 0.258 e. The summed E-state index contributed by atoms with van der Waals surface area (Å²) >= 11 is 0. The topological polar surface area (TPSA) is 34.5 Å². The first kappa shape index (κ1) is 18.0. The third-order valence-electron chi connectivity index (χ3n) is 5.87. The van der Waals surface area contributed by atoms with E-state index < -0.39 is 0 Å². The van der Waals surface area contributed by atoms with Crippen molar-refractivity contribution >= 4 is 5.57 Å². The number of likely N-dealkylation sites (N-methyl/N-ethyl adjacent to an activating group) is 1. The van der Waals surface area contributed by atoms with Gasteiger partial charge in [-0.15, -0.1) is 0 Å². The number of aromatic nitrogens is 1. The van der Waals surface area contributed by atoms with Crippen LogP contribution in [0.2, 0.25) is 0 Å². The summed E-state index contributed by atoms with van der Waals surface area (Å²) in [6, 6.07) is 19.8. The van der Waals surface area contributed by atoms with Crippen LogP contribution >= 0.6 is 0 Å². The lowest BCUT2D eigenvalue weighted by Crippen LogP contribution is -2.26. The van der Waals surface area contributed by atoms with E-state index in [0.29, 0.717) is 12.4 Å². The molecule has 29 heavy (non-hydrogen) atoms. The minimum atomic E-state index is -0.0777. The Morgan fingerprint density at radius 3 is 2.72 bits per heavy atom. The summed E-state index contributed by atoms with van der Waals surface area (Å²) < 4.78 is 7.49. The van der Waals surface area contributed by atoms with Gasteiger partial charge in [0.05, 0.1) is 0 Å². The fourth-order valence-corrected chi connectivity index (χ4v) is 4.35. The molecule has 0 amide bonds. The fraction of sp³-hybridized carbons (Fsp3) is 0.240. The Balaban J connectivity index is 1.39. The third kappa shape index (κ3) is 3.52. The van der Waals surface area contributed by atoms with E-state index in [2.05, 4.69) is 24.1 Å². The van der Waals surface area contributed by atoms with Gasteiger partial charge in [0.25, 0.3) is 5.56 Å². The van der Waals surface area contributed by atoms with E-state index in [4.69, 9.17) is 4.74 Å². The molecule has 3 aromatic rings. The number of nitrogens with zero attached hydrogens (tertiary/aromatic N) is 2. The summed E-state index contributed by atoms with van der Waals surface area (Å²) in [6.07, 6.45) is 3.93. The quantitative estimate of drug-likeness (QED) is 0.680. The van der Waals surface area contributed by atoms with E-state index in [1.165, 1.54) is 22.3 Å². The smallest absolute Gasteiger partial charge is 0.258 e. The molecule has 0 saturated heterocycles. The highest BCUT2D eigenvalue weighted by atomic mass is 16.5. The van der Waals surface area contributed by atoms with Gasteiger partial charge < -0.3 is 9.64 Å². The molecule has 146 valence electrons. The molecule has 0 saturated carbocycles. The number of hydrogen-bond donors (Lipinski definition) is 0. The summed E-state index contributed by atoms with van der Waals surface area (Å²) in [5.41, 5.74) is 7.63. The predicted molar refractivity (Wildman–Crippen MR) is 116 cm³/mol. The molecule has 0 radical (unpaired) electrons. The minimum Gasteiger partial charge on any atom is -0.489 e. The molecule has 1 aliphatic heterocycles. The molecule has 0 unspecified atom stereocenters. The molecule has 4 nitrogen and oxygen atoms in total. The number of fused-ring (bicyclic) bond motifs is 2. The standard InChI is InChI=1S/C25H24N2O2/c1-26-11-10-23-20(16-26)13-19-7-8-21(14-24(19)23)27-12-9-22(15-25(27)28)29-17-18-5-3-2-4-6-18/h2-9,12,14-15H,10-11,13,16-17H2,1H3. The summed E-state index contributed by atoms with van der Waals surface area (Å²) in [5.74, 6) is 0.594. The normalized spacial score (nSPS) is 15.9. The summed E-state index contributed by atoms with van der Waals surface area (Å²) in [7, 11) is 2.18. The Labute approximate surface area is 170 Å². The molecule has 0 N–H and O–H groups in total. The van der Waals surface area contributed by atoms with E-state index in [9.17, 15) is 4.79 Å². The van der Waals surface area contributed by atoms with Gasteiger partial charge in [0.15, 0.2) is 0 Å². The lowest BCUT2D eigenvalue weighted by molar-refractivity contribution is 0.305. The molecule has 0 bridgehead atoms. The second kappa shape index (κ2) is 7.37. The highest BCUT2D eigenvalue weighted by Gasteiger charge is 2.25. The molecular weight excluding hydrogens is 360 g/mol. The van der Waals surface area contributed by atoms with Crippen LogP contribution in [0.25, 0.3) is 11.3 Å². The van der Waals surface area contributed by atoms with Crippen LogP contribution in [0.4, 0.5) is 0 Å². The first-order valence-electron chi connectivity index (χ1n) is 10.1. The van der Waals surface area contributed by atoms with Crippen molar-refractivity contribution in [2.24, 2.45) is 0 Å². The van der Waals surface area contributed by atoms with Crippen molar-refractivity contribution in [3.05, 3.63) is 99.5 Å². The molecule has 1 aliphatic carbocycles. The Hall–Kier alpha value is -3.11. The Kier molecular flexibility index (Phi) is 4.57. The van der Waals surface area contributed by atoms with Gasteiger partial charge >= 0.3 is 0 Å². The lowest BCUT2D eigenvalue weighted by atomic mass is 9.99. The Morgan fingerprint density at radius 1 is 1.03 bits per heavy atom. The van der Waals surface area contributed by atoms with Gasteiger partial charge in [-0.25, -0.2) is 0 Å². The van der Waals surface area contributed by atoms with Gasteiger partial charge in [-0.05, 0) is 65.9 Å². The third-order valence-corrected chi connectivity index (χ3v) is 5.87. The first-order valence-corrected chi connectivity index (χ1v) is 10.1. The molecule has 1 aromatic heterocycles. The van der Waals surface area contributed by atoms with Crippen LogP contribution in [-0.4, -0.2) is 29.6 Å². The van der Waals surface area contributed by atoms with Gasteiger partial charge in [0, 0.05) is 31.0 Å². The first-order chi connectivity index (χ1) is 14.2. The molecule has 0 atom stereocenters. The maximum absolute atomic E-state index is 12.7. The molecule has 2 heterocycles. The fourth-order valence-electron chi connectivity index (χ4n) is 4.35. The van der Waals surface area contributed by atoms with Crippen molar-refractivity contribution in [1.82, 2.24) is 9.47 Å². The Bertz CT molecular complexity index is 1140. The summed E-state index contributed by atoms with van der Waals surface area (Å²) in [5, 5.41) is 0. The van der Waals surface area contributed by atoms with E-state index in [1.54, 1.807) is 10.6 Å². The molecule has 4 heteroatoms.